The van der Waals surface area contributed by atoms with Crippen molar-refractivity contribution >= 4 is 34.3 Å². The summed E-state index contributed by atoms with van der Waals surface area (Å²) in [4.78, 5) is 14.1. The van der Waals surface area contributed by atoms with Gasteiger partial charge < -0.3 is 14.6 Å². The number of ether oxygens (including phenoxy) is 1. The smallest absolute Gasteiger partial charge is 0.272 e. The summed E-state index contributed by atoms with van der Waals surface area (Å²) in [5, 5.41) is 4.57. The minimum absolute atomic E-state index is 0.0783. The van der Waals surface area contributed by atoms with E-state index in [0.717, 1.165) is 23.4 Å². The van der Waals surface area contributed by atoms with Gasteiger partial charge in [0.2, 0.25) is 0 Å². The number of thioether (sulfide) groups is 1. The number of nitrogens with one attached hydrogen (secondary N) is 1. The average Bonchev–Trinajstić information content (AvgIpc) is 2.97. The van der Waals surface area contributed by atoms with Crippen molar-refractivity contribution in [1.82, 2.24) is 4.57 Å². The number of carbonyl (C=O) groups is 1. The first-order chi connectivity index (χ1) is 12.2. The van der Waals surface area contributed by atoms with Crippen LogP contribution in [0.2, 0.25) is 0 Å². The molecule has 4 nitrogen and oxygen atoms in total. The number of hydrogen-bond donors (Lipinski definition) is 1. The highest BCUT2D eigenvalue weighted by atomic mass is 32.2. The molecule has 0 bridgehead atoms. The van der Waals surface area contributed by atoms with Gasteiger partial charge in [-0.25, -0.2) is 0 Å². The highest BCUT2D eigenvalue weighted by molar-refractivity contribution is 8.00. The van der Waals surface area contributed by atoms with Gasteiger partial charge in [0.25, 0.3) is 5.91 Å². The van der Waals surface area contributed by atoms with Crippen LogP contribution in [0, 0.1) is 0 Å². The number of hydrogen-bond acceptors (Lipinski definition) is 3. The number of rotatable bonds is 4. The second-order valence-electron chi connectivity index (χ2n) is 6.17. The molecule has 1 N–H and O–H groups in total. The Kier molecular flexibility index (Phi) is 4.17. The molecule has 0 saturated carbocycles. The van der Waals surface area contributed by atoms with Gasteiger partial charge in [-0.15, -0.1) is 11.8 Å². The second-order valence-corrected chi connectivity index (χ2v) is 7.65. The van der Waals surface area contributed by atoms with Crippen molar-refractivity contribution in [3.05, 3.63) is 54.2 Å². The number of para-hydroxylation sites is 1. The van der Waals surface area contributed by atoms with E-state index in [0.29, 0.717) is 17.6 Å². The van der Waals surface area contributed by atoms with E-state index in [1.807, 2.05) is 49.0 Å². The summed E-state index contributed by atoms with van der Waals surface area (Å²) in [6.45, 7) is 5.62. The molecule has 25 heavy (non-hydrogen) atoms. The first-order valence-electron chi connectivity index (χ1n) is 8.49. The first-order valence-corrected chi connectivity index (χ1v) is 9.37. The lowest BCUT2D eigenvalue weighted by atomic mass is 10.2. The van der Waals surface area contributed by atoms with E-state index in [9.17, 15) is 4.79 Å². The monoisotopic (exact) mass is 352 g/mol. The second kappa shape index (κ2) is 6.48. The molecule has 0 aliphatic carbocycles. The van der Waals surface area contributed by atoms with Gasteiger partial charge in [0.15, 0.2) is 0 Å². The molecular weight excluding hydrogens is 332 g/mol. The molecule has 0 saturated heterocycles. The zero-order valence-corrected chi connectivity index (χ0v) is 15.1. The van der Waals surface area contributed by atoms with Crippen LogP contribution >= 0.6 is 11.8 Å². The summed E-state index contributed by atoms with van der Waals surface area (Å²) < 4.78 is 7.59. The van der Waals surface area contributed by atoms with Gasteiger partial charge in [-0.3, -0.25) is 4.79 Å². The van der Waals surface area contributed by atoms with Gasteiger partial charge in [-0.05, 0) is 43.3 Å². The zero-order valence-electron chi connectivity index (χ0n) is 14.3. The van der Waals surface area contributed by atoms with E-state index in [4.69, 9.17) is 4.74 Å². The van der Waals surface area contributed by atoms with Crippen molar-refractivity contribution in [2.24, 2.45) is 0 Å². The minimum atomic E-state index is -0.0783. The molecule has 2 aromatic carbocycles. The van der Waals surface area contributed by atoms with Crippen LogP contribution in [0.4, 0.5) is 5.69 Å². The third-order valence-corrected chi connectivity index (χ3v) is 5.44. The van der Waals surface area contributed by atoms with Crippen molar-refractivity contribution in [3.63, 3.8) is 0 Å². The Labute approximate surface area is 151 Å². The van der Waals surface area contributed by atoms with Crippen LogP contribution < -0.4 is 10.1 Å². The third-order valence-electron chi connectivity index (χ3n) is 4.31. The van der Waals surface area contributed by atoms with Crippen LogP contribution in [0.25, 0.3) is 10.9 Å². The first kappa shape index (κ1) is 16.1. The molecule has 3 aromatic rings. The summed E-state index contributed by atoms with van der Waals surface area (Å²) >= 11 is 1.87. The van der Waals surface area contributed by atoms with Crippen molar-refractivity contribution < 1.29 is 9.53 Å². The van der Waals surface area contributed by atoms with Crippen molar-refractivity contribution in [1.29, 1.82) is 0 Å². The van der Waals surface area contributed by atoms with Crippen LogP contribution in [0.3, 0.4) is 0 Å². The molecule has 1 unspecified atom stereocenters. The Hall–Kier alpha value is -2.40. The largest absolute Gasteiger partial charge is 0.494 e. The molecule has 1 amide bonds. The SMILES string of the molecule is CCOc1ccc(NC(=O)c2cc3cccc4c3n2CC(C)S4)cc1. The Balaban J connectivity index is 1.65. The molecule has 0 radical (unpaired) electrons. The molecule has 1 aliphatic rings. The lowest BCUT2D eigenvalue weighted by Crippen LogP contribution is -2.21. The molecule has 1 aliphatic heterocycles. The van der Waals surface area contributed by atoms with Gasteiger partial charge in [0.05, 0.1) is 12.1 Å². The van der Waals surface area contributed by atoms with Crippen LogP contribution in [0.15, 0.2) is 53.4 Å². The maximum absolute atomic E-state index is 12.8. The Morgan fingerprint density at radius 3 is 2.84 bits per heavy atom. The molecule has 5 heteroatoms. The maximum Gasteiger partial charge on any atom is 0.272 e. The fourth-order valence-electron chi connectivity index (χ4n) is 3.27. The Morgan fingerprint density at radius 2 is 2.08 bits per heavy atom. The normalized spacial score (nSPS) is 16.0. The average molecular weight is 352 g/mol. The van der Waals surface area contributed by atoms with Crippen LogP contribution in [-0.2, 0) is 6.54 Å². The molecule has 0 fully saturated rings. The van der Waals surface area contributed by atoms with Gasteiger partial charge in [0, 0.05) is 27.8 Å². The predicted molar refractivity (Wildman–Crippen MR) is 103 cm³/mol. The number of carbonyl (C=O) groups excluding carboxylic acids is 1. The summed E-state index contributed by atoms with van der Waals surface area (Å²) in [6, 6.07) is 15.7. The fraction of sp³-hybridized carbons (Fsp3) is 0.250. The standard InChI is InChI=1S/C20H20N2O2S/c1-3-24-16-9-7-15(8-10-16)21-20(23)17-11-14-5-4-6-18-19(14)22(17)12-13(2)25-18/h4-11,13H,3,12H2,1-2H3,(H,21,23). The number of aromatic nitrogens is 1. The van der Waals surface area contributed by atoms with Crippen molar-refractivity contribution in [2.45, 2.75) is 30.5 Å². The van der Waals surface area contributed by atoms with E-state index in [1.165, 1.54) is 10.4 Å². The highest BCUT2D eigenvalue weighted by Gasteiger charge is 2.24. The molecule has 1 atom stereocenters. The van der Waals surface area contributed by atoms with Gasteiger partial charge >= 0.3 is 0 Å². The molecule has 2 heterocycles. The molecular formula is C20H20N2O2S. The lowest BCUT2D eigenvalue weighted by Gasteiger charge is -2.22. The minimum Gasteiger partial charge on any atom is -0.494 e. The molecule has 1 aromatic heterocycles. The topological polar surface area (TPSA) is 43.3 Å². The fourth-order valence-corrected chi connectivity index (χ4v) is 4.42. The summed E-state index contributed by atoms with van der Waals surface area (Å²) in [5.41, 5.74) is 2.65. The third kappa shape index (κ3) is 3.00. The van der Waals surface area contributed by atoms with Crippen LogP contribution in [0.5, 0.6) is 5.75 Å². The number of nitrogens with zero attached hydrogens (tertiary/aromatic N) is 1. The number of anilines is 1. The van der Waals surface area contributed by atoms with E-state index < -0.39 is 0 Å². The van der Waals surface area contributed by atoms with E-state index in [-0.39, 0.29) is 5.91 Å². The van der Waals surface area contributed by atoms with Crippen LogP contribution in [0.1, 0.15) is 24.3 Å². The zero-order chi connectivity index (χ0) is 17.4. The predicted octanol–water partition coefficient (Wildman–Crippen LogP) is 4.79. The number of benzene rings is 2. The molecule has 0 spiro atoms. The van der Waals surface area contributed by atoms with Gasteiger partial charge in [-0.1, -0.05) is 19.1 Å². The van der Waals surface area contributed by atoms with E-state index in [2.05, 4.69) is 35.0 Å². The van der Waals surface area contributed by atoms with Crippen molar-refractivity contribution in [3.8, 4) is 5.75 Å². The van der Waals surface area contributed by atoms with Crippen molar-refractivity contribution in [2.75, 3.05) is 11.9 Å². The summed E-state index contributed by atoms with van der Waals surface area (Å²) in [5.74, 6) is 0.727. The maximum atomic E-state index is 12.8. The molecule has 4 rings (SSSR count). The summed E-state index contributed by atoms with van der Waals surface area (Å²) in [7, 11) is 0. The summed E-state index contributed by atoms with van der Waals surface area (Å²) in [6.07, 6.45) is 0. The Bertz CT molecular complexity index is 931. The van der Waals surface area contributed by atoms with Gasteiger partial charge in [0.1, 0.15) is 11.4 Å². The lowest BCUT2D eigenvalue weighted by molar-refractivity contribution is 0.101. The number of amides is 1. The van der Waals surface area contributed by atoms with Crippen LogP contribution in [-0.4, -0.2) is 22.3 Å². The van der Waals surface area contributed by atoms with E-state index >= 15 is 0 Å². The molecule has 128 valence electrons. The van der Waals surface area contributed by atoms with Gasteiger partial charge in [-0.2, -0.15) is 0 Å². The quantitative estimate of drug-likeness (QED) is 0.734. The highest BCUT2D eigenvalue weighted by Crippen LogP contribution is 2.38. The Morgan fingerprint density at radius 1 is 1.28 bits per heavy atom. The van der Waals surface area contributed by atoms with E-state index in [1.54, 1.807) is 0 Å².